The Bertz CT molecular complexity index is 275. The summed E-state index contributed by atoms with van der Waals surface area (Å²) in [5.74, 6) is -0.425. The van der Waals surface area contributed by atoms with Crippen LogP contribution in [-0.4, -0.2) is 18.4 Å². The van der Waals surface area contributed by atoms with Crippen LogP contribution in [0.5, 0.6) is 5.88 Å². The number of halogens is 1. The molecule has 11 heavy (non-hydrogen) atoms. The lowest BCUT2D eigenvalue weighted by atomic mass is 10.3. The van der Waals surface area contributed by atoms with Gasteiger partial charge < -0.3 is 4.74 Å². The van der Waals surface area contributed by atoms with E-state index in [1.807, 2.05) is 0 Å². The minimum atomic E-state index is -0.529. The first-order valence-electron chi connectivity index (χ1n) is 2.93. The molecular formula is C7H6FNO2. The molecule has 4 heteroatoms. The fourth-order valence-corrected chi connectivity index (χ4v) is 0.658. The Labute approximate surface area is 62.8 Å². The first-order valence-corrected chi connectivity index (χ1v) is 2.93. The molecule has 0 aliphatic heterocycles. The van der Waals surface area contributed by atoms with Gasteiger partial charge in [-0.1, -0.05) is 0 Å². The Kier molecular flexibility index (Phi) is 2.15. The van der Waals surface area contributed by atoms with Crippen LogP contribution in [0, 0.1) is 5.82 Å². The second kappa shape index (κ2) is 3.09. The molecule has 0 aromatic carbocycles. The maximum Gasteiger partial charge on any atom is 0.216 e. The summed E-state index contributed by atoms with van der Waals surface area (Å²) < 4.78 is 17.2. The van der Waals surface area contributed by atoms with Crippen molar-refractivity contribution in [2.75, 3.05) is 7.11 Å². The quantitative estimate of drug-likeness (QED) is 0.599. The topological polar surface area (TPSA) is 39.2 Å². The summed E-state index contributed by atoms with van der Waals surface area (Å²) in [5, 5.41) is 0. The monoisotopic (exact) mass is 155 g/mol. The largest absolute Gasteiger partial charge is 0.481 e. The molecule has 58 valence electrons. The van der Waals surface area contributed by atoms with Gasteiger partial charge in [-0.05, 0) is 0 Å². The highest BCUT2D eigenvalue weighted by Gasteiger charge is 2.00. The van der Waals surface area contributed by atoms with E-state index in [1.165, 1.54) is 7.11 Å². The van der Waals surface area contributed by atoms with Gasteiger partial charge in [0.15, 0.2) is 6.29 Å². The fourth-order valence-electron chi connectivity index (χ4n) is 0.658. The van der Waals surface area contributed by atoms with Crippen molar-refractivity contribution in [2.45, 2.75) is 0 Å². The lowest BCUT2D eigenvalue weighted by molar-refractivity contribution is 0.111. The number of rotatable bonds is 2. The van der Waals surface area contributed by atoms with Crippen molar-refractivity contribution in [3.63, 3.8) is 0 Å². The van der Waals surface area contributed by atoms with E-state index in [0.29, 0.717) is 6.29 Å². The van der Waals surface area contributed by atoms with E-state index >= 15 is 0 Å². The molecule has 0 saturated heterocycles. The molecule has 1 heterocycles. The number of aromatic nitrogens is 1. The third-order valence-electron chi connectivity index (χ3n) is 1.12. The molecule has 1 aromatic heterocycles. The third-order valence-corrected chi connectivity index (χ3v) is 1.12. The number of carbonyl (C=O) groups is 1. The predicted octanol–water partition coefficient (Wildman–Crippen LogP) is 1.04. The van der Waals surface area contributed by atoms with Crippen LogP contribution in [-0.2, 0) is 0 Å². The van der Waals surface area contributed by atoms with Crippen molar-refractivity contribution >= 4 is 6.29 Å². The molecule has 3 nitrogen and oxygen atoms in total. The molecule has 0 atom stereocenters. The average Bonchev–Trinajstić information content (AvgIpc) is 2.03. The highest BCUT2D eigenvalue weighted by Crippen LogP contribution is 2.08. The second-order valence-electron chi connectivity index (χ2n) is 1.87. The van der Waals surface area contributed by atoms with Crippen molar-refractivity contribution in [3.05, 3.63) is 23.6 Å². The van der Waals surface area contributed by atoms with E-state index in [4.69, 9.17) is 0 Å². The highest BCUT2D eigenvalue weighted by atomic mass is 19.1. The average molecular weight is 155 g/mol. The lowest BCUT2D eigenvalue weighted by Crippen LogP contribution is -1.93. The summed E-state index contributed by atoms with van der Waals surface area (Å²) in [6.45, 7) is 0. The Balaban J connectivity index is 3.11. The molecule has 0 N–H and O–H groups in total. The zero-order chi connectivity index (χ0) is 8.27. The van der Waals surface area contributed by atoms with Gasteiger partial charge in [0.25, 0.3) is 0 Å². The van der Waals surface area contributed by atoms with Crippen molar-refractivity contribution in [2.24, 2.45) is 0 Å². The number of aldehydes is 1. The van der Waals surface area contributed by atoms with E-state index in [9.17, 15) is 9.18 Å². The first-order chi connectivity index (χ1) is 5.26. The molecule has 1 rings (SSSR count). The molecule has 0 spiro atoms. The number of carbonyl (C=O) groups excluding carboxylic acids is 1. The van der Waals surface area contributed by atoms with Crippen molar-refractivity contribution in [1.29, 1.82) is 0 Å². The minimum Gasteiger partial charge on any atom is -0.481 e. The summed E-state index contributed by atoms with van der Waals surface area (Å²) in [7, 11) is 1.36. The molecular weight excluding hydrogens is 149 g/mol. The molecule has 0 aliphatic carbocycles. The third kappa shape index (κ3) is 1.73. The Morgan fingerprint density at radius 2 is 2.36 bits per heavy atom. The second-order valence-corrected chi connectivity index (χ2v) is 1.87. The van der Waals surface area contributed by atoms with Crippen molar-refractivity contribution < 1.29 is 13.9 Å². The number of hydrogen-bond acceptors (Lipinski definition) is 3. The van der Waals surface area contributed by atoms with Gasteiger partial charge in [-0.3, -0.25) is 4.79 Å². The molecule has 0 amide bonds. The number of ether oxygens (including phenoxy) is 1. The summed E-state index contributed by atoms with van der Waals surface area (Å²) >= 11 is 0. The van der Waals surface area contributed by atoms with E-state index in [-0.39, 0.29) is 11.6 Å². The molecule has 0 aliphatic rings. The summed E-state index contributed by atoms with van der Waals surface area (Å²) in [5.41, 5.74) is 0.0295. The van der Waals surface area contributed by atoms with Crippen molar-refractivity contribution in [1.82, 2.24) is 4.98 Å². The standard InChI is InChI=1S/C7H6FNO2/c1-11-7-3-5(8)2-6(4-10)9-7/h2-4H,1H3. The van der Waals surface area contributed by atoms with Gasteiger partial charge in [-0.15, -0.1) is 0 Å². The molecule has 0 unspecified atom stereocenters. The van der Waals surface area contributed by atoms with Crippen LogP contribution in [0.15, 0.2) is 12.1 Å². The number of hydrogen-bond donors (Lipinski definition) is 0. The molecule has 1 aromatic rings. The normalized spacial score (nSPS) is 9.27. The van der Waals surface area contributed by atoms with Crippen LogP contribution in [0.2, 0.25) is 0 Å². The van der Waals surface area contributed by atoms with Crippen LogP contribution in [0.3, 0.4) is 0 Å². The number of methoxy groups -OCH3 is 1. The maximum absolute atomic E-state index is 12.5. The predicted molar refractivity (Wildman–Crippen MR) is 36.1 cm³/mol. The molecule has 0 radical (unpaired) electrons. The number of nitrogens with zero attached hydrogens (tertiary/aromatic N) is 1. The maximum atomic E-state index is 12.5. The summed E-state index contributed by atoms with van der Waals surface area (Å²) in [6, 6.07) is 2.14. The van der Waals surface area contributed by atoms with Gasteiger partial charge in [0.2, 0.25) is 5.88 Å². The zero-order valence-corrected chi connectivity index (χ0v) is 5.87. The minimum absolute atomic E-state index is 0.0295. The van der Waals surface area contributed by atoms with E-state index < -0.39 is 5.82 Å². The van der Waals surface area contributed by atoms with Crippen LogP contribution in [0.4, 0.5) is 4.39 Å². The Hall–Kier alpha value is -1.45. The van der Waals surface area contributed by atoms with Gasteiger partial charge in [0.1, 0.15) is 11.5 Å². The molecule has 0 fully saturated rings. The Morgan fingerprint density at radius 1 is 1.64 bits per heavy atom. The smallest absolute Gasteiger partial charge is 0.216 e. The van der Waals surface area contributed by atoms with Crippen molar-refractivity contribution in [3.8, 4) is 5.88 Å². The summed E-state index contributed by atoms with van der Waals surface area (Å²) in [4.78, 5) is 13.8. The van der Waals surface area contributed by atoms with Gasteiger partial charge in [-0.25, -0.2) is 9.37 Å². The van der Waals surface area contributed by atoms with Gasteiger partial charge >= 0.3 is 0 Å². The van der Waals surface area contributed by atoms with Crippen LogP contribution >= 0.6 is 0 Å². The van der Waals surface area contributed by atoms with Gasteiger partial charge in [0.05, 0.1) is 7.11 Å². The Morgan fingerprint density at radius 3 is 2.91 bits per heavy atom. The first kappa shape index (κ1) is 7.65. The van der Waals surface area contributed by atoms with Gasteiger partial charge in [-0.2, -0.15) is 0 Å². The zero-order valence-electron chi connectivity index (χ0n) is 5.87. The summed E-state index contributed by atoms with van der Waals surface area (Å²) in [6.07, 6.45) is 0.464. The van der Waals surface area contributed by atoms with E-state index in [0.717, 1.165) is 12.1 Å². The molecule has 0 bridgehead atoms. The SMILES string of the molecule is COc1cc(F)cc(C=O)n1. The van der Waals surface area contributed by atoms with Crippen LogP contribution < -0.4 is 4.74 Å². The van der Waals surface area contributed by atoms with Crippen LogP contribution in [0.1, 0.15) is 10.5 Å². The van der Waals surface area contributed by atoms with Gasteiger partial charge in [0, 0.05) is 12.1 Å². The van der Waals surface area contributed by atoms with E-state index in [2.05, 4.69) is 9.72 Å². The highest BCUT2D eigenvalue weighted by molar-refractivity contribution is 5.71. The lowest BCUT2D eigenvalue weighted by Gasteiger charge is -1.97. The van der Waals surface area contributed by atoms with E-state index in [1.54, 1.807) is 0 Å². The molecule has 0 saturated carbocycles. The number of pyridine rings is 1. The van der Waals surface area contributed by atoms with Crippen LogP contribution in [0.25, 0.3) is 0 Å². The fraction of sp³-hybridized carbons (Fsp3) is 0.143.